The van der Waals surface area contributed by atoms with Crippen molar-refractivity contribution in [3.63, 3.8) is 0 Å². The second-order valence-corrected chi connectivity index (χ2v) is 5.11. The predicted molar refractivity (Wildman–Crippen MR) is 79.1 cm³/mol. The number of hydrogen-bond donors (Lipinski definition) is 1. The van der Waals surface area contributed by atoms with Crippen molar-refractivity contribution in [2.45, 2.75) is 19.8 Å². The van der Waals surface area contributed by atoms with Crippen LogP contribution in [-0.2, 0) is 0 Å². The normalized spacial score (nSPS) is 10.9. The Morgan fingerprint density at radius 3 is 2.30 bits per heavy atom. The van der Waals surface area contributed by atoms with E-state index in [1.165, 1.54) is 16.7 Å². The summed E-state index contributed by atoms with van der Waals surface area (Å²) in [4.78, 5) is 0. The first-order valence-corrected chi connectivity index (χ1v) is 6.68. The minimum atomic E-state index is 0.525. The van der Waals surface area contributed by atoms with Crippen molar-refractivity contribution in [2.24, 2.45) is 0 Å². The van der Waals surface area contributed by atoms with Gasteiger partial charge in [-0.05, 0) is 39.1 Å². The van der Waals surface area contributed by atoms with Gasteiger partial charge in [0, 0.05) is 5.56 Å². The monoisotopic (exact) mass is 264 g/mol. The molecule has 1 aromatic heterocycles. The van der Waals surface area contributed by atoms with Crippen molar-refractivity contribution in [2.75, 3.05) is 0 Å². The highest BCUT2D eigenvalue weighted by Crippen LogP contribution is 2.26. The molecule has 3 rings (SSSR count). The van der Waals surface area contributed by atoms with Crippen LogP contribution in [0.1, 0.15) is 25.3 Å². The van der Waals surface area contributed by atoms with Gasteiger partial charge < -0.3 is 0 Å². The molecule has 2 aromatic carbocycles. The number of H-pyrrole nitrogens is 1. The summed E-state index contributed by atoms with van der Waals surface area (Å²) in [5.74, 6) is 1.21. The molecular weight excluding hydrogens is 248 g/mol. The number of aromatic nitrogens is 4. The highest BCUT2D eigenvalue weighted by molar-refractivity contribution is 5.70. The van der Waals surface area contributed by atoms with Crippen molar-refractivity contribution < 1.29 is 0 Å². The van der Waals surface area contributed by atoms with E-state index in [2.05, 4.69) is 70.9 Å². The first-order valence-electron chi connectivity index (χ1n) is 6.68. The van der Waals surface area contributed by atoms with E-state index in [0.29, 0.717) is 11.7 Å². The summed E-state index contributed by atoms with van der Waals surface area (Å²) in [6.07, 6.45) is 0. The van der Waals surface area contributed by atoms with Gasteiger partial charge in [0.2, 0.25) is 0 Å². The van der Waals surface area contributed by atoms with Crippen LogP contribution in [0.2, 0.25) is 0 Å². The first-order chi connectivity index (χ1) is 9.74. The van der Waals surface area contributed by atoms with Gasteiger partial charge >= 0.3 is 0 Å². The molecule has 1 heterocycles. The summed E-state index contributed by atoms with van der Waals surface area (Å²) in [5.41, 5.74) is 4.71. The van der Waals surface area contributed by atoms with E-state index in [9.17, 15) is 0 Å². The molecule has 0 atom stereocenters. The van der Waals surface area contributed by atoms with Gasteiger partial charge in [-0.3, -0.25) is 0 Å². The smallest absolute Gasteiger partial charge is 0.179 e. The van der Waals surface area contributed by atoms with E-state index in [1.54, 1.807) is 0 Å². The third kappa shape index (κ3) is 2.45. The molecule has 0 aliphatic rings. The topological polar surface area (TPSA) is 54.5 Å². The lowest BCUT2D eigenvalue weighted by atomic mass is 9.96. The molecule has 0 radical (unpaired) electrons. The highest BCUT2D eigenvalue weighted by atomic mass is 15.5. The molecule has 20 heavy (non-hydrogen) atoms. The number of nitrogens with one attached hydrogen (secondary N) is 1. The molecule has 4 heteroatoms. The van der Waals surface area contributed by atoms with Gasteiger partial charge in [0.1, 0.15) is 0 Å². The summed E-state index contributed by atoms with van der Waals surface area (Å²) in [6, 6.07) is 16.9. The summed E-state index contributed by atoms with van der Waals surface area (Å²) in [5, 5.41) is 14.0. The van der Waals surface area contributed by atoms with Crippen LogP contribution in [0, 0.1) is 0 Å². The summed E-state index contributed by atoms with van der Waals surface area (Å²) < 4.78 is 0. The van der Waals surface area contributed by atoms with Crippen LogP contribution in [0.3, 0.4) is 0 Å². The molecule has 4 nitrogen and oxygen atoms in total. The minimum absolute atomic E-state index is 0.525. The van der Waals surface area contributed by atoms with Crippen molar-refractivity contribution in [3.05, 3.63) is 54.1 Å². The molecule has 1 N–H and O–H groups in total. The fourth-order valence-corrected chi connectivity index (χ4v) is 2.20. The maximum atomic E-state index is 3.95. The third-order valence-corrected chi connectivity index (χ3v) is 3.37. The van der Waals surface area contributed by atoms with Crippen LogP contribution in [0.15, 0.2) is 48.5 Å². The van der Waals surface area contributed by atoms with Gasteiger partial charge in [0.05, 0.1) is 0 Å². The number of rotatable bonds is 3. The molecule has 0 fully saturated rings. The van der Waals surface area contributed by atoms with Crippen LogP contribution in [0.4, 0.5) is 0 Å². The van der Waals surface area contributed by atoms with E-state index in [0.717, 1.165) is 5.56 Å². The zero-order valence-corrected chi connectivity index (χ0v) is 11.5. The average molecular weight is 264 g/mol. The third-order valence-electron chi connectivity index (χ3n) is 3.37. The second-order valence-electron chi connectivity index (χ2n) is 5.11. The number of tetrazole rings is 1. The number of hydrogen-bond acceptors (Lipinski definition) is 3. The first kappa shape index (κ1) is 12.5. The number of aromatic amines is 1. The SMILES string of the molecule is CC(C)c1cccc(-c2cccc(-c3nnn[nH]3)c2)c1. The van der Waals surface area contributed by atoms with Gasteiger partial charge in [0.15, 0.2) is 5.82 Å². The van der Waals surface area contributed by atoms with Crippen LogP contribution in [-0.4, -0.2) is 20.6 Å². The van der Waals surface area contributed by atoms with Crippen molar-refractivity contribution in [3.8, 4) is 22.5 Å². The molecular formula is C16H16N4. The molecule has 0 aliphatic heterocycles. The van der Waals surface area contributed by atoms with E-state index in [4.69, 9.17) is 0 Å². The quantitative estimate of drug-likeness (QED) is 0.785. The Balaban J connectivity index is 2.02. The summed E-state index contributed by atoms with van der Waals surface area (Å²) in [6.45, 7) is 4.41. The lowest BCUT2D eigenvalue weighted by molar-refractivity contribution is 0.867. The molecule has 0 amide bonds. The average Bonchev–Trinajstić information content (AvgIpc) is 3.02. The van der Waals surface area contributed by atoms with Gasteiger partial charge in [-0.1, -0.05) is 56.3 Å². The lowest BCUT2D eigenvalue weighted by Gasteiger charge is -2.09. The Kier molecular flexibility index (Phi) is 3.29. The van der Waals surface area contributed by atoms with Gasteiger partial charge in [0.25, 0.3) is 0 Å². The number of nitrogens with zero attached hydrogens (tertiary/aromatic N) is 3. The Morgan fingerprint density at radius 2 is 1.60 bits per heavy atom. The lowest BCUT2D eigenvalue weighted by Crippen LogP contribution is -1.88. The molecule has 3 aromatic rings. The van der Waals surface area contributed by atoms with E-state index in [-0.39, 0.29) is 0 Å². The molecule has 0 unspecified atom stereocenters. The molecule has 0 aliphatic carbocycles. The Morgan fingerprint density at radius 1 is 0.900 bits per heavy atom. The van der Waals surface area contributed by atoms with Gasteiger partial charge in [-0.2, -0.15) is 0 Å². The van der Waals surface area contributed by atoms with Crippen molar-refractivity contribution in [1.82, 2.24) is 20.6 Å². The van der Waals surface area contributed by atoms with E-state index < -0.39 is 0 Å². The van der Waals surface area contributed by atoms with Crippen molar-refractivity contribution >= 4 is 0 Å². The molecule has 100 valence electrons. The number of benzene rings is 2. The van der Waals surface area contributed by atoms with Crippen LogP contribution < -0.4 is 0 Å². The van der Waals surface area contributed by atoms with E-state index >= 15 is 0 Å². The predicted octanol–water partition coefficient (Wildman–Crippen LogP) is 3.66. The van der Waals surface area contributed by atoms with Gasteiger partial charge in [-0.15, -0.1) is 5.10 Å². The zero-order valence-electron chi connectivity index (χ0n) is 11.5. The van der Waals surface area contributed by atoms with Crippen LogP contribution >= 0.6 is 0 Å². The standard InChI is InChI=1S/C16H16N4/c1-11(2)12-5-3-6-13(9-12)14-7-4-8-15(10-14)16-17-19-20-18-16/h3-11H,1-2H3,(H,17,18,19,20). The largest absolute Gasteiger partial charge is 0.239 e. The fraction of sp³-hybridized carbons (Fsp3) is 0.188. The Labute approximate surface area is 117 Å². The fourth-order valence-electron chi connectivity index (χ4n) is 2.20. The summed E-state index contributed by atoms with van der Waals surface area (Å²) in [7, 11) is 0. The highest BCUT2D eigenvalue weighted by Gasteiger charge is 2.06. The zero-order chi connectivity index (χ0) is 13.9. The minimum Gasteiger partial charge on any atom is -0.239 e. The van der Waals surface area contributed by atoms with Crippen molar-refractivity contribution in [1.29, 1.82) is 0 Å². The molecule has 0 spiro atoms. The Bertz CT molecular complexity index is 702. The van der Waals surface area contributed by atoms with Crippen LogP contribution in [0.25, 0.3) is 22.5 Å². The second kappa shape index (κ2) is 5.25. The van der Waals surface area contributed by atoms with Crippen LogP contribution in [0.5, 0.6) is 0 Å². The maximum absolute atomic E-state index is 3.95. The Hall–Kier alpha value is -2.49. The molecule has 0 saturated carbocycles. The maximum Gasteiger partial charge on any atom is 0.179 e. The molecule has 0 bridgehead atoms. The summed E-state index contributed by atoms with van der Waals surface area (Å²) >= 11 is 0. The van der Waals surface area contributed by atoms with Gasteiger partial charge in [-0.25, -0.2) is 5.10 Å². The molecule has 0 saturated heterocycles. The van der Waals surface area contributed by atoms with E-state index in [1.807, 2.05) is 12.1 Å².